The van der Waals surface area contributed by atoms with E-state index in [9.17, 15) is 0 Å². The van der Waals surface area contributed by atoms with Gasteiger partial charge in [0.1, 0.15) is 28.2 Å². The molecule has 115 heavy (non-hydrogen) atoms. The van der Waals surface area contributed by atoms with Crippen molar-refractivity contribution in [2.45, 2.75) is 76.0 Å². The molecule has 0 saturated carbocycles. The van der Waals surface area contributed by atoms with E-state index in [-0.39, 0.29) is 0 Å². The van der Waals surface area contributed by atoms with Crippen molar-refractivity contribution in [1.29, 1.82) is 0 Å². The fourth-order valence-electron chi connectivity index (χ4n) is 16.7. The number of nitrogens with zero attached hydrogens (tertiary/aromatic N) is 8. The zero-order valence-corrected chi connectivity index (χ0v) is 66.7. The van der Waals surface area contributed by atoms with Gasteiger partial charge in [-0.1, -0.05) is 152 Å². The molecule has 0 saturated heterocycles. The van der Waals surface area contributed by atoms with E-state index in [1.54, 1.807) is 49.1 Å². The zero-order valence-electron chi connectivity index (χ0n) is 72.7. The monoisotopic (exact) mass is 1510 g/mol. The average molecular weight is 1510 g/mol. The first-order chi connectivity index (χ1) is 58.2. The van der Waals surface area contributed by atoms with Crippen LogP contribution in [0, 0.1) is 76.0 Å². The molecular weight excluding hydrogens is 1410 g/mol. The maximum absolute atomic E-state index is 8.11. The Morgan fingerprint density at radius 2 is 0.513 bits per heavy atom. The summed E-state index contributed by atoms with van der Waals surface area (Å²) in [4.78, 5) is 17.5. The summed E-state index contributed by atoms with van der Waals surface area (Å²) in [5, 5.41) is 7.04. The number of pyridine rings is 8. The Hall–Kier alpha value is -13.8. The summed E-state index contributed by atoms with van der Waals surface area (Å²) >= 11 is 0. The van der Waals surface area contributed by atoms with E-state index in [1.165, 1.54) is 50.1 Å². The minimum absolute atomic E-state index is 0.292. The highest BCUT2D eigenvalue weighted by molar-refractivity contribution is 6.13. The minimum Gasteiger partial charge on any atom is -0.437 e. The van der Waals surface area contributed by atoms with E-state index in [0.717, 1.165) is 133 Å². The largest absolute Gasteiger partial charge is 0.437 e. The third kappa shape index (κ3) is 13.5. The number of hydrogen-bond donors (Lipinski definition) is 0. The lowest BCUT2D eigenvalue weighted by molar-refractivity contribution is -0.660. The molecular formula is C103H90N8O4+4. The molecule has 0 amide bonds. The quantitative estimate of drug-likeness (QED) is 0.138. The highest BCUT2D eigenvalue weighted by Crippen LogP contribution is 2.44. The molecule has 0 unspecified atom stereocenters. The molecule has 0 aliphatic carbocycles. The van der Waals surface area contributed by atoms with Gasteiger partial charge in [0, 0.05) is 123 Å². The van der Waals surface area contributed by atoms with Gasteiger partial charge in [0.15, 0.2) is 47.1 Å². The van der Waals surface area contributed by atoms with Crippen LogP contribution in [0.1, 0.15) is 69.4 Å². The van der Waals surface area contributed by atoms with E-state index in [0.29, 0.717) is 55.9 Å². The molecule has 0 aliphatic heterocycles. The van der Waals surface area contributed by atoms with E-state index >= 15 is 0 Å². The second-order valence-corrected chi connectivity index (χ2v) is 30.1. The van der Waals surface area contributed by atoms with Gasteiger partial charge in [-0.3, -0.25) is 0 Å². The summed E-state index contributed by atoms with van der Waals surface area (Å²) in [5.41, 5.74) is 33.6. The maximum Gasteiger partial charge on any atom is 0.227 e. The number of benzene rings is 8. The van der Waals surface area contributed by atoms with Gasteiger partial charge in [-0.05, 0) is 208 Å². The van der Waals surface area contributed by atoms with Crippen LogP contribution in [0.2, 0.25) is 0 Å². The van der Waals surface area contributed by atoms with Crippen LogP contribution < -0.4 is 18.3 Å². The summed E-state index contributed by atoms with van der Waals surface area (Å²) in [6, 6.07) is 75.9. The lowest BCUT2D eigenvalue weighted by Gasteiger charge is -2.11. The van der Waals surface area contributed by atoms with Gasteiger partial charge >= 0.3 is 0 Å². The molecule has 0 N–H and O–H groups in total. The second kappa shape index (κ2) is 30.3. The normalized spacial score (nSPS) is 12.4. The van der Waals surface area contributed by atoms with Crippen molar-refractivity contribution in [3.63, 3.8) is 0 Å². The van der Waals surface area contributed by atoms with E-state index in [4.69, 9.17) is 25.9 Å². The molecule has 12 heterocycles. The molecule has 0 aliphatic rings. The van der Waals surface area contributed by atoms with Crippen LogP contribution in [0.3, 0.4) is 0 Å². The summed E-state index contributed by atoms with van der Waals surface area (Å²) in [5.74, 6) is 0. The molecule has 0 atom stereocenters. The SMILES string of the molecule is Cc1cc(-c2c(C)cc(C)c3c2oc2ncccc23)[n+](C)cc1-c1ccccc1.Cc1cc(-c2c(C)ccc3c2oc2ncccc23)[n+](C)cc1-c1ccccc1.[2H]C([2H])([2H])c1cc(C)c(-c2cc(C)c(-c3ccccc3)c[n+]2C)c2oc3ncccc3c12.[2H]C([2H])([2H])c1cc(C)c(-c2cc(C)c(-c3ccccc3)c[n+]2C)c2oc3ncccc3c12. The van der Waals surface area contributed by atoms with Crippen molar-refractivity contribution in [2.75, 3.05) is 0 Å². The molecule has 0 spiro atoms. The third-order valence-electron chi connectivity index (χ3n) is 22.3. The van der Waals surface area contributed by atoms with E-state index in [2.05, 4.69) is 259 Å². The van der Waals surface area contributed by atoms with Gasteiger partial charge in [-0.2, -0.15) is 0 Å². The zero-order chi connectivity index (χ0) is 84.6. The van der Waals surface area contributed by atoms with Gasteiger partial charge in [-0.15, -0.1) is 0 Å². The fourth-order valence-corrected chi connectivity index (χ4v) is 16.7. The molecule has 20 rings (SSSR count). The van der Waals surface area contributed by atoms with Gasteiger partial charge in [0.25, 0.3) is 0 Å². The van der Waals surface area contributed by atoms with Crippen LogP contribution in [0.5, 0.6) is 0 Å². The van der Waals surface area contributed by atoms with Crippen molar-refractivity contribution in [3.05, 3.63) is 335 Å². The molecule has 12 heteroatoms. The highest BCUT2D eigenvalue weighted by atomic mass is 16.4. The average Bonchev–Trinajstić information content (AvgIpc) is 1.59. The van der Waals surface area contributed by atoms with Crippen LogP contribution >= 0.6 is 0 Å². The summed E-state index contributed by atoms with van der Waals surface area (Å²) in [7, 11) is 8.21. The first-order valence-electron chi connectivity index (χ1n) is 41.6. The molecule has 562 valence electrons. The summed E-state index contributed by atoms with van der Waals surface area (Å²) in [6.45, 7) is 14.3. The van der Waals surface area contributed by atoms with Gasteiger partial charge in [0.2, 0.25) is 45.6 Å². The molecule has 0 bridgehead atoms. The Bertz CT molecular complexity index is 7230. The summed E-state index contributed by atoms with van der Waals surface area (Å²) < 4.78 is 82.1. The smallest absolute Gasteiger partial charge is 0.227 e. The van der Waals surface area contributed by atoms with Crippen molar-refractivity contribution in [3.8, 4) is 89.5 Å². The minimum atomic E-state index is -2.26. The Morgan fingerprint density at radius 3 is 0.826 bits per heavy atom. The lowest BCUT2D eigenvalue weighted by Crippen LogP contribution is -2.31. The Labute approximate surface area is 677 Å². The number of fused-ring (bicyclic) bond motifs is 12. The first kappa shape index (κ1) is 66.9. The lowest BCUT2D eigenvalue weighted by atomic mass is 9.95. The molecule has 12 aromatic heterocycles. The van der Waals surface area contributed by atoms with Crippen molar-refractivity contribution in [1.82, 2.24) is 19.9 Å². The van der Waals surface area contributed by atoms with Crippen molar-refractivity contribution < 1.29 is 44.2 Å². The standard InChI is InChI=1S/3C26H23N2O.C25H21N2O/c3*1-16-14-22(28(4)15-21(16)19-9-6-5-7-10-19)24-18(3)13-17(2)23-20-11-8-12-27-26(20)29-25(23)24;1-16-11-12-19-20-10-7-13-26-25(20)28-24(19)23(16)22-14-17(2)21(15-27(22)3)18-8-5-4-6-9-18/h3*5-15H,1-4H3;4-15H,1-3H3/q4*+1/i2*2D3;;. The van der Waals surface area contributed by atoms with Crippen molar-refractivity contribution >= 4 is 88.3 Å². The summed E-state index contributed by atoms with van der Waals surface area (Å²) in [6.07, 6.45) is 15.5. The maximum atomic E-state index is 8.11. The van der Waals surface area contributed by atoms with Crippen LogP contribution in [0.15, 0.2) is 292 Å². The number of aromatic nitrogens is 8. The number of rotatable bonds is 8. The third-order valence-corrected chi connectivity index (χ3v) is 22.3. The Morgan fingerprint density at radius 1 is 0.243 bits per heavy atom. The number of aryl methyl sites for hydroxylation is 15. The van der Waals surface area contributed by atoms with Crippen LogP contribution in [0.4, 0.5) is 0 Å². The Balaban J connectivity index is 0.000000115. The second-order valence-electron chi connectivity index (χ2n) is 30.1. The fraction of sp³-hybridized carbons (Fsp3) is 0.146. The van der Waals surface area contributed by atoms with Crippen LogP contribution in [0.25, 0.3) is 178 Å². The van der Waals surface area contributed by atoms with E-state index in [1.807, 2.05) is 94.7 Å². The Kier molecular flexibility index (Phi) is 17.7. The van der Waals surface area contributed by atoms with Crippen LogP contribution in [-0.4, -0.2) is 19.9 Å². The number of furan rings is 4. The molecule has 0 fully saturated rings. The van der Waals surface area contributed by atoms with Gasteiger partial charge < -0.3 is 17.7 Å². The predicted octanol–water partition coefficient (Wildman–Crippen LogP) is 24.0. The highest BCUT2D eigenvalue weighted by Gasteiger charge is 2.30. The predicted molar refractivity (Wildman–Crippen MR) is 466 cm³/mol. The van der Waals surface area contributed by atoms with Crippen LogP contribution in [-0.2, 0) is 28.2 Å². The molecule has 12 nitrogen and oxygen atoms in total. The molecule has 8 aromatic carbocycles. The van der Waals surface area contributed by atoms with Crippen molar-refractivity contribution in [2.24, 2.45) is 28.2 Å². The van der Waals surface area contributed by atoms with Gasteiger partial charge in [-0.25, -0.2) is 38.2 Å². The first-order valence-corrected chi connectivity index (χ1v) is 38.6. The van der Waals surface area contributed by atoms with Gasteiger partial charge in [0.05, 0.1) is 22.3 Å². The van der Waals surface area contributed by atoms with E-state index < -0.39 is 13.7 Å². The molecule has 20 aromatic rings. The topological polar surface area (TPSA) is 120 Å². The number of hydrogen-bond acceptors (Lipinski definition) is 8. The molecule has 0 radical (unpaired) electrons.